The predicted octanol–water partition coefficient (Wildman–Crippen LogP) is 1.64. The maximum atomic E-state index is 4.33. The van der Waals surface area contributed by atoms with Crippen LogP contribution >= 0.6 is 11.8 Å². The van der Waals surface area contributed by atoms with Crippen molar-refractivity contribution in [1.29, 1.82) is 0 Å². The highest BCUT2D eigenvalue weighted by atomic mass is 32.2. The molecule has 7 heteroatoms. The summed E-state index contributed by atoms with van der Waals surface area (Å²) >= 11 is 1.40. The van der Waals surface area contributed by atoms with E-state index in [4.69, 9.17) is 0 Å². The van der Waals surface area contributed by atoms with Gasteiger partial charge >= 0.3 is 0 Å². The van der Waals surface area contributed by atoms with Gasteiger partial charge < -0.3 is 5.32 Å². The van der Waals surface area contributed by atoms with Crippen LogP contribution in [-0.4, -0.2) is 30.3 Å². The van der Waals surface area contributed by atoms with Gasteiger partial charge in [-0.25, -0.2) is 19.6 Å². The fourth-order valence-electron chi connectivity index (χ4n) is 1.31. The smallest absolute Gasteiger partial charge is 0.195 e. The summed E-state index contributed by atoms with van der Waals surface area (Å²) in [6.45, 7) is 7.16. The second-order valence-electron chi connectivity index (χ2n) is 5.25. The van der Waals surface area contributed by atoms with E-state index in [2.05, 4.69) is 46.1 Å². The predicted molar refractivity (Wildman–Crippen MR) is 73.8 cm³/mol. The quantitative estimate of drug-likeness (QED) is 0.858. The van der Waals surface area contributed by atoms with E-state index < -0.39 is 0 Å². The molecule has 2 rings (SSSR count). The molecule has 0 spiro atoms. The molecule has 0 aliphatic carbocycles. The molecule has 2 heterocycles. The van der Waals surface area contributed by atoms with Gasteiger partial charge in [-0.15, -0.1) is 0 Å². The van der Waals surface area contributed by atoms with Crippen LogP contribution < -0.4 is 5.32 Å². The third kappa shape index (κ3) is 4.29. The molecule has 102 valence electrons. The van der Waals surface area contributed by atoms with Gasteiger partial charge in [0, 0.05) is 37.1 Å². The van der Waals surface area contributed by atoms with Gasteiger partial charge in [0.25, 0.3) is 0 Å². The first-order valence-electron chi connectivity index (χ1n) is 6.02. The fourth-order valence-corrected chi connectivity index (χ4v) is 1.97. The SMILES string of the molecule is Cn1ncnc1Sc1ncc(CNC(C)(C)C)cn1. The lowest BCUT2D eigenvalue weighted by Crippen LogP contribution is -2.35. The summed E-state index contributed by atoms with van der Waals surface area (Å²) in [5.74, 6) is 0. The van der Waals surface area contributed by atoms with Crippen molar-refractivity contribution in [3.05, 3.63) is 24.3 Å². The van der Waals surface area contributed by atoms with Crippen molar-refractivity contribution in [2.75, 3.05) is 0 Å². The average Bonchev–Trinajstić information content (AvgIpc) is 2.73. The molecule has 0 saturated heterocycles. The van der Waals surface area contributed by atoms with E-state index in [0.29, 0.717) is 5.16 Å². The Bertz CT molecular complexity index is 528. The van der Waals surface area contributed by atoms with Crippen LogP contribution in [0.3, 0.4) is 0 Å². The third-order valence-electron chi connectivity index (χ3n) is 2.36. The van der Waals surface area contributed by atoms with Crippen molar-refractivity contribution < 1.29 is 0 Å². The molecule has 0 fully saturated rings. The Labute approximate surface area is 117 Å². The minimum Gasteiger partial charge on any atom is -0.308 e. The average molecular weight is 278 g/mol. The van der Waals surface area contributed by atoms with Gasteiger partial charge in [-0.1, -0.05) is 0 Å². The molecule has 6 nitrogen and oxygen atoms in total. The molecule has 19 heavy (non-hydrogen) atoms. The van der Waals surface area contributed by atoms with E-state index >= 15 is 0 Å². The Morgan fingerprint density at radius 2 is 1.89 bits per heavy atom. The minimum atomic E-state index is 0.0893. The highest BCUT2D eigenvalue weighted by molar-refractivity contribution is 7.99. The monoisotopic (exact) mass is 278 g/mol. The molecule has 0 saturated carbocycles. The first-order chi connectivity index (χ1) is 8.94. The maximum Gasteiger partial charge on any atom is 0.195 e. The van der Waals surface area contributed by atoms with Gasteiger partial charge in [-0.05, 0) is 32.5 Å². The molecule has 0 aliphatic heterocycles. The molecule has 1 N–H and O–H groups in total. The summed E-state index contributed by atoms with van der Waals surface area (Å²) < 4.78 is 1.70. The van der Waals surface area contributed by atoms with Crippen LogP contribution in [0.1, 0.15) is 26.3 Å². The largest absolute Gasteiger partial charge is 0.308 e. The zero-order valence-electron chi connectivity index (χ0n) is 11.6. The molecular formula is C12H18N6S. The Hall–Kier alpha value is -1.47. The van der Waals surface area contributed by atoms with Crippen molar-refractivity contribution >= 4 is 11.8 Å². The highest BCUT2D eigenvalue weighted by Crippen LogP contribution is 2.20. The molecule has 0 bridgehead atoms. The minimum absolute atomic E-state index is 0.0893. The maximum absolute atomic E-state index is 4.33. The summed E-state index contributed by atoms with van der Waals surface area (Å²) in [7, 11) is 1.84. The standard InChI is InChI=1S/C12H18N6S/c1-12(2,3)16-7-9-5-13-10(14-6-9)19-11-15-8-17-18(11)4/h5-6,8,16H,7H2,1-4H3. The van der Waals surface area contributed by atoms with E-state index in [1.807, 2.05) is 19.4 Å². The number of nitrogens with one attached hydrogen (secondary N) is 1. The van der Waals surface area contributed by atoms with Gasteiger partial charge in [0.15, 0.2) is 10.3 Å². The van der Waals surface area contributed by atoms with Crippen LogP contribution in [0.4, 0.5) is 0 Å². The lowest BCUT2D eigenvalue weighted by molar-refractivity contribution is 0.423. The summed E-state index contributed by atoms with van der Waals surface area (Å²) in [5.41, 5.74) is 1.16. The normalized spacial score (nSPS) is 11.8. The molecule has 0 atom stereocenters. The number of hydrogen-bond acceptors (Lipinski definition) is 6. The van der Waals surface area contributed by atoms with Crippen molar-refractivity contribution in [3.8, 4) is 0 Å². The molecule has 2 aromatic heterocycles. The van der Waals surface area contributed by atoms with Crippen molar-refractivity contribution in [2.45, 2.75) is 43.2 Å². The first kappa shape index (κ1) is 14.0. The number of aromatic nitrogens is 5. The first-order valence-corrected chi connectivity index (χ1v) is 6.83. The Balaban J connectivity index is 1.97. The molecule has 0 radical (unpaired) electrons. The van der Waals surface area contributed by atoms with Crippen LogP contribution in [0.25, 0.3) is 0 Å². The Morgan fingerprint density at radius 1 is 1.21 bits per heavy atom. The van der Waals surface area contributed by atoms with Gasteiger partial charge in [0.2, 0.25) is 0 Å². The molecule has 0 aromatic carbocycles. The topological polar surface area (TPSA) is 68.5 Å². The van der Waals surface area contributed by atoms with Gasteiger partial charge in [-0.2, -0.15) is 5.10 Å². The van der Waals surface area contributed by atoms with Crippen LogP contribution in [0, 0.1) is 0 Å². The summed E-state index contributed by atoms with van der Waals surface area (Å²) in [5, 5.41) is 8.86. The number of hydrogen-bond donors (Lipinski definition) is 1. The van der Waals surface area contributed by atoms with Crippen LogP contribution in [0.2, 0.25) is 0 Å². The number of rotatable bonds is 4. The van der Waals surface area contributed by atoms with Crippen LogP contribution in [0.5, 0.6) is 0 Å². The summed E-state index contributed by atoms with van der Waals surface area (Å²) in [6, 6.07) is 0. The highest BCUT2D eigenvalue weighted by Gasteiger charge is 2.09. The zero-order valence-corrected chi connectivity index (χ0v) is 12.4. The van der Waals surface area contributed by atoms with Gasteiger partial charge in [-0.3, -0.25) is 0 Å². The van der Waals surface area contributed by atoms with E-state index in [-0.39, 0.29) is 5.54 Å². The van der Waals surface area contributed by atoms with Crippen molar-refractivity contribution in [3.63, 3.8) is 0 Å². The number of nitrogens with zero attached hydrogens (tertiary/aromatic N) is 5. The van der Waals surface area contributed by atoms with Crippen molar-refractivity contribution in [1.82, 2.24) is 30.0 Å². The lowest BCUT2D eigenvalue weighted by atomic mass is 10.1. The molecule has 2 aromatic rings. The zero-order chi connectivity index (χ0) is 13.9. The fraction of sp³-hybridized carbons (Fsp3) is 0.500. The molecule has 0 amide bonds. The summed E-state index contributed by atoms with van der Waals surface area (Å²) in [6.07, 6.45) is 5.19. The second-order valence-corrected chi connectivity index (χ2v) is 6.18. The van der Waals surface area contributed by atoms with E-state index in [1.54, 1.807) is 4.68 Å². The second kappa shape index (κ2) is 5.66. The van der Waals surface area contributed by atoms with E-state index in [1.165, 1.54) is 18.1 Å². The Morgan fingerprint density at radius 3 is 2.42 bits per heavy atom. The van der Waals surface area contributed by atoms with E-state index in [0.717, 1.165) is 17.3 Å². The van der Waals surface area contributed by atoms with Crippen LogP contribution in [-0.2, 0) is 13.6 Å². The lowest BCUT2D eigenvalue weighted by Gasteiger charge is -2.20. The van der Waals surface area contributed by atoms with E-state index in [9.17, 15) is 0 Å². The molecular weight excluding hydrogens is 260 g/mol. The molecule has 0 unspecified atom stereocenters. The molecule has 0 aliphatic rings. The summed E-state index contributed by atoms with van der Waals surface area (Å²) in [4.78, 5) is 12.8. The van der Waals surface area contributed by atoms with Crippen molar-refractivity contribution in [2.24, 2.45) is 7.05 Å². The van der Waals surface area contributed by atoms with Crippen LogP contribution in [0.15, 0.2) is 29.0 Å². The Kier molecular flexibility index (Phi) is 4.16. The number of aryl methyl sites for hydroxylation is 1. The van der Waals surface area contributed by atoms with Gasteiger partial charge in [0.1, 0.15) is 6.33 Å². The third-order valence-corrected chi connectivity index (χ3v) is 3.30. The van der Waals surface area contributed by atoms with Gasteiger partial charge in [0.05, 0.1) is 0 Å².